The Balaban J connectivity index is 2.04. The molecule has 84 valence electrons. The maximum atomic E-state index is 5.54. The second-order valence-corrected chi connectivity index (χ2v) is 4.32. The Bertz CT molecular complexity index is 142. The third-order valence-corrected chi connectivity index (χ3v) is 2.85. The molecule has 3 heteroatoms. The van der Waals surface area contributed by atoms with Gasteiger partial charge < -0.3 is 15.0 Å². The molecule has 1 aliphatic heterocycles. The first kappa shape index (κ1) is 12.0. The van der Waals surface area contributed by atoms with Gasteiger partial charge in [-0.05, 0) is 46.8 Å². The van der Waals surface area contributed by atoms with Gasteiger partial charge in [0.1, 0.15) is 0 Å². The van der Waals surface area contributed by atoms with Crippen LogP contribution in [-0.2, 0) is 4.74 Å². The molecule has 0 amide bonds. The summed E-state index contributed by atoms with van der Waals surface area (Å²) in [6, 6.07) is 0.734. The van der Waals surface area contributed by atoms with Gasteiger partial charge in [-0.3, -0.25) is 0 Å². The van der Waals surface area contributed by atoms with Crippen molar-refractivity contribution in [1.82, 2.24) is 10.2 Å². The van der Waals surface area contributed by atoms with Gasteiger partial charge >= 0.3 is 0 Å². The van der Waals surface area contributed by atoms with Crippen LogP contribution < -0.4 is 5.32 Å². The van der Waals surface area contributed by atoms with E-state index in [1.54, 1.807) is 0 Å². The van der Waals surface area contributed by atoms with E-state index in [4.69, 9.17) is 4.74 Å². The molecular weight excluding hydrogens is 176 g/mol. The van der Waals surface area contributed by atoms with Gasteiger partial charge in [-0.15, -0.1) is 0 Å². The lowest BCUT2D eigenvalue weighted by Crippen LogP contribution is -2.42. The molecule has 14 heavy (non-hydrogen) atoms. The van der Waals surface area contributed by atoms with E-state index in [1.165, 1.54) is 25.9 Å². The molecule has 0 aliphatic carbocycles. The molecule has 0 aromatic carbocycles. The molecule has 0 radical (unpaired) electrons. The average Bonchev–Trinajstić information content (AvgIpc) is 2.18. The minimum absolute atomic E-state index is 0.366. The molecule has 0 bridgehead atoms. The molecule has 1 N–H and O–H groups in total. The van der Waals surface area contributed by atoms with Gasteiger partial charge in [-0.1, -0.05) is 0 Å². The zero-order valence-electron chi connectivity index (χ0n) is 9.75. The van der Waals surface area contributed by atoms with Gasteiger partial charge in [0.2, 0.25) is 0 Å². The molecule has 0 aromatic rings. The molecule has 1 heterocycles. The number of nitrogens with one attached hydrogen (secondary N) is 1. The van der Waals surface area contributed by atoms with Gasteiger partial charge in [0.25, 0.3) is 0 Å². The van der Waals surface area contributed by atoms with E-state index in [2.05, 4.69) is 31.1 Å². The Morgan fingerprint density at radius 1 is 1.36 bits per heavy atom. The topological polar surface area (TPSA) is 24.5 Å². The predicted molar refractivity (Wildman–Crippen MR) is 59.6 cm³/mol. The third-order valence-electron chi connectivity index (χ3n) is 2.85. The summed E-state index contributed by atoms with van der Waals surface area (Å²) in [6.07, 6.45) is 2.92. The molecule has 1 fully saturated rings. The van der Waals surface area contributed by atoms with Crippen LogP contribution in [0.3, 0.4) is 0 Å². The van der Waals surface area contributed by atoms with E-state index in [1.807, 2.05) is 0 Å². The minimum atomic E-state index is 0.366. The minimum Gasteiger partial charge on any atom is -0.377 e. The number of hydrogen-bond acceptors (Lipinski definition) is 3. The average molecular weight is 200 g/mol. The van der Waals surface area contributed by atoms with Crippen LogP contribution >= 0.6 is 0 Å². The van der Waals surface area contributed by atoms with E-state index in [0.29, 0.717) is 6.10 Å². The summed E-state index contributed by atoms with van der Waals surface area (Å²) in [5, 5.41) is 3.34. The monoisotopic (exact) mass is 200 g/mol. The van der Waals surface area contributed by atoms with Crippen LogP contribution in [0.5, 0.6) is 0 Å². The summed E-state index contributed by atoms with van der Waals surface area (Å²) in [6.45, 7) is 8.58. The van der Waals surface area contributed by atoms with Crippen molar-refractivity contribution in [2.24, 2.45) is 0 Å². The third kappa shape index (κ3) is 4.40. The van der Waals surface area contributed by atoms with Crippen molar-refractivity contribution in [2.75, 3.05) is 33.3 Å². The van der Waals surface area contributed by atoms with E-state index < -0.39 is 0 Å². The van der Waals surface area contributed by atoms with E-state index in [9.17, 15) is 0 Å². The fourth-order valence-corrected chi connectivity index (χ4v) is 1.86. The molecular formula is C11H24N2O. The first-order chi connectivity index (χ1) is 6.72. The zero-order valence-corrected chi connectivity index (χ0v) is 9.75. The lowest BCUT2D eigenvalue weighted by atomic mass is 10.1. The Morgan fingerprint density at radius 3 is 2.50 bits per heavy atom. The van der Waals surface area contributed by atoms with Crippen LogP contribution in [0.2, 0.25) is 0 Å². The number of ether oxygens (including phenoxy) is 1. The number of hydrogen-bond donors (Lipinski definition) is 1. The molecule has 0 atom stereocenters. The van der Waals surface area contributed by atoms with Crippen molar-refractivity contribution in [3.63, 3.8) is 0 Å². The SMILES string of the molecule is CNC1CCN(CCOC(C)C)CC1. The molecule has 0 aromatic heterocycles. The Hall–Kier alpha value is -0.120. The van der Waals surface area contributed by atoms with Crippen molar-refractivity contribution >= 4 is 0 Å². The maximum absolute atomic E-state index is 5.54. The van der Waals surface area contributed by atoms with Gasteiger partial charge in [-0.25, -0.2) is 0 Å². The highest BCUT2D eigenvalue weighted by Crippen LogP contribution is 2.09. The fourth-order valence-electron chi connectivity index (χ4n) is 1.86. The summed E-state index contributed by atoms with van der Waals surface area (Å²) >= 11 is 0. The lowest BCUT2D eigenvalue weighted by Gasteiger charge is -2.31. The maximum Gasteiger partial charge on any atom is 0.0596 e. The second kappa shape index (κ2) is 6.38. The van der Waals surface area contributed by atoms with Gasteiger partial charge in [0.15, 0.2) is 0 Å². The Labute approximate surface area is 87.8 Å². The first-order valence-corrected chi connectivity index (χ1v) is 5.73. The quantitative estimate of drug-likeness (QED) is 0.719. The number of likely N-dealkylation sites (tertiary alicyclic amines) is 1. The molecule has 1 saturated heterocycles. The van der Waals surface area contributed by atoms with Crippen molar-refractivity contribution in [3.05, 3.63) is 0 Å². The summed E-state index contributed by atoms with van der Waals surface area (Å²) in [4.78, 5) is 2.50. The summed E-state index contributed by atoms with van der Waals surface area (Å²) in [5.41, 5.74) is 0. The molecule has 0 unspecified atom stereocenters. The van der Waals surface area contributed by atoms with Gasteiger partial charge in [0, 0.05) is 12.6 Å². The van der Waals surface area contributed by atoms with E-state index in [-0.39, 0.29) is 0 Å². The summed E-state index contributed by atoms with van der Waals surface area (Å²) in [7, 11) is 2.06. The van der Waals surface area contributed by atoms with Crippen molar-refractivity contribution in [3.8, 4) is 0 Å². The summed E-state index contributed by atoms with van der Waals surface area (Å²) in [5.74, 6) is 0. The van der Waals surface area contributed by atoms with Gasteiger partial charge in [0.05, 0.1) is 12.7 Å². The predicted octanol–water partition coefficient (Wildman–Crippen LogP) is 1.10. The normalized spacial score (nSPS) is 20.6. The Morgan fingerprint density at radius 2 is 2.00 bits per heavy atom. The smallest absolute Gasteiger partial charge is 0.0596 e. The standard InChI is InChI=1S/C11H24N2O/c1-10(2)14-9-8-13-6-4-11(12-3)5-7-13/h10-12H,4-9H2,1-3H3. The summed E-state index contributed by atoms with van der Waals surface area (Å²) < 4.78 is 5.54. The molecule has 1 rings (SSSR count). The number of rotatable bonds is 5. The van der Waals surface area contributed by atoms with E-state index in [0.717, 1.165) is 19.2 Å². The van der Waals surface area contributed by atoms with Crippen LogP contribution in [0, 0.1) is 0 Å². The van der Waals surface area contributed by atoms with Crippen LogP contribution in [0.4, 0.5) is 0 Å². The number of nitrogens with zero attached hydrogens (tertiary/aromatic N) is 1. The van der Waals surface area contributed by atoms with Crippen LogP contribution in [0.15, 0.2) is 0 Å². The highest BCUT2D eigenvalue weighted by Gasteiger charge is 2.16. The van der Waals surface area contributed by atoms with Crippen LogP contribution in [-0.4, -0.2) is 50.3 Å². The highest BCUT2D eigenvalue weighted by atomic mass is 16.5. The molecule has 3 nitrogen and oxygen atoms in total. The highest BCUT2D eigenvalue weighted by molar-refractivity contribution is 4.75. The first-order valence-electron chi connectivity index (χ1n) is 5.73. The zero-order chi connectivity index (χ0) is 10.4. The Kier molecular flexibility index (Phi) is 5.45. The lowest BCUT2D eigenvalue weighted by molar-refractivity contribution is 0.0529. The van der Waals surface area contributed by atoms with Crippen molar-refractivity contribution < 1.29 is 4.74 Å². The molecule has 0 spiro atoms. The van der Waals surface area contributed by atoms with Crippen molar-refractivity contribution in [2.45, 2.75) is 38.8 Å². The fraction of sp³-hybridized carbons (Fsp3) is 1.00. The molecule has 1 aliphatic rings. The van der Waals surface area contributed by atoms with Crippen LogP contribution in [0.25, 0.3) is 0 Å². The molecule has 0 saturated carbocycles. The van der Waals surface area contributed by atoms with E-state index >= 15 is 0 Å². The second-order valence-electron chi connectivity index (χ2n) is 4.32. The number of piperidine rings is 1. The van der Waals surface area contributed by atoms with Gasteiger partial charge in [-0.2, -0.15) is 0 Å². The van der Waals surface area contributed by atoms with Crippen LogP contribution in [0.1, 0.15) is 26.7 Å². The van der Waals surface area contributed by atoms with Crippen molar-refractivity contribution in [1.29, 1.82) is 0 Å². The largest absolute Gasteiger partial charge is 0.377 e.